The number of aryl methyl sites for hydroxylation is 1. The summed E-state index contributed by atoms with van der Waals surface area (Å²) in [5.41, 5.74) is 2.39. The normalized spacial score (nSPS) is 14.7. The van der Waals surface area contributed by atoms with Crippen LogP contribution in [-0.2, 0) is 4.74 Å². The molecule has 31 heavy (non-hydrogen) atoms. The number of carbonyl (C=O) groups is 1. The van der Waals surface area contributed by atoms with Crippen LogP contribution in [0.2, 0.25) is 5.02 Å². The maximum atomic E-state index is 13.5. The van der Waals surface area contributed by atoms with Crippen LogP contribution in [0.25, 0.3) is 10.2 Å². The molecule has 8 heteroatoms. The van der Waals surface area contributed by atoms with Crippen LogP contribution in [-0.4, -0.2) is 61.8 Å². The van der Waals surface area contributed by atoms with Gasteiger partial charge in [0.2, 0.25) is 0 Å². The minimum Gasteiger partial charge on any atom is -0.494 e. The first-order valence-electron chi connectivity index (χ1n) is 10.5. The minimum atomic E-state index is -0.0703. The smallest absolute Gasteiger partial charge is 0.260 e. The number of thiazole rings is 1. The first-order valence-corrected chi connectivity index (χ1v) is 11.7. The molecule has 0 atom stereocenters. The van der Waals surface area contributed by atoms with E-state index in [4.69, 9.17) is 26.1 Å². The van der Waals surface area contributed by atoms with Gasteiger partial charge in [-0.25, -0.2) is 4.98 Å². The fourth-order valence-corrected chi connectivity index (χ4v) is 4.77. The molecule has 1 saturated heterocycles. The van der Waals surface area contributed by atoms with Gasteiger partial charge in [0, 0.05) is 36.8 Å². The van der Waals surface area contributed by atoms with Crippen LogP contribution in [0, 0.1) is 6.92 Å². The maximum absolute atomic E-state index is 13.5. The lowest BCUT2D eigenvalue weighted by Gasteiger charge is -2.29. The topological polar surface area (TPSA) is 54.9 Å². The summed E-state index contributed by atoms with van der Waals surface area (Å²) >= 11 is 7.81. The molecule has 2 heterocycles. The molecule has 1 aliphatic rings. The van der Waals surface area contributed by atoms with Crippen LogP contribution in [0.4, 0.5) is 5.13 Å². The highest BCUT2D eigenvalue weighted by Crippen LogP contribution is 2.34. The molecule has 0 unspecified atom stereocenters. The van der Waals surface area contributed by atoms with Gasteiger partial charge in [-0.15, -0.1) is 0 Å². The number of hydrogen-bond donors (Lipinski definition) is 0. The summed E-state index contributed by atoms with van der Waals surface area (Å²) in [4.78, 5) is 22.4. The highest BCUT2D eigenvalue weighted by atomic mass is 35.5. The van der Waals surface area contributed by atoms with E-state index >= 15 is 0 Å². The Balaban J connectivity index is 1.63. The van der Waals surface area contributed by atoms with E-state index in [0.717, 1.165) is 54.4 Å². The van der Waals surface area contributed by atoms with Crippen molar-refractivity contribution >= 4 is 44.2 Å². The summed E-state index contributed by atoms with van der Waals surface area (Å²) in [5, 5.41) is 1.37. The predicted molar refractivity (Wildman–Crippen MR) is 126 cm³/mol. The maximum Gasteiger partial charge on any atom is 0.260 e. The summed E-state index contributed by atoms with van der Waals surface area (Å²) < 4.78 is 12.0. The van der Waals surface area contributed by atoms with Crippen LogP contribution >= 0.6 is 22.9 Å². The van der Waals surface area contributed by atoms with Crippen LogP contribution in [0.5, 0.6) is 5.75 Å². The molecule has 6 nitrogen and oxygen atoms in total. The third kappa shape index (κ3) is 5.01. The van der Waals surface area contributed by atoms with Crippen molar-refractivity contribution in [2.75, 3.05) is 50.9 Å². The van der Waals surface area contributed by atoms with Crippen LogP contribution < -0.4 is 9.64 Å². The lowest BCUT2D eigenvalue weighted by Crippen LogP contribution is -2.43. The molecule has 4 rings (SSSR count). The van der Waals surface area contributed by atoms with Crippen LogP contribution in [0.15, 0.2) is 36.4 Å². The van der Waals surface area contributed by atoms with Crippen molar-refractivity contribution in [3.8, 4) is 5.75 Å². The zero-order valence-corrected chi connectivity index (χ0v) is 19.3. The second kappa shape index (κ2) is 9.96. The van der Waals surface area contributed by atoms with E-state index in [1.54, 1.807) is 4.90 Å². The Morgan fingerprint density at radius 3 is 2.68 bits per heavy atom. The van der Waals surface area contributed by atoms with Crippen molar-refractivity contribution in [1.29, 1.82) is 0 Å². The molecule has 0 radical (unpaired) electrons. The molecule has 1 fully saturated rings. The number of benzene rings is 2. The van der Waals surface area contributed by atoms with E-state index in [1.165, 1.54) is 11.3 Å². The zero-order chi connectivity index (χ0) is 21.8. The molecule has 0 N–H and O–H groups in total. The number of ether oxygens (including phenoxy) is 2. The number of halogens is 1. The van der Waals surface area contributed by atoms with E-state index in [2.05, 4.69) is 4.90 Å². The van der Waals surface area contributed by atoms with Crippen molar-refractivity contribution < 1.29 is 14.3 Å². The average Bonchev–Trinajstić information content (AvgIpc) is 3.22. The number of amides is 1. The molecule has 1 aromatic heterocycles. The Bertz CT molecular complexity index is 1050. The molecular weight excluding hydrogens is 434 g/mol. The Kier molecular flexibility index (Phi) is 7.07. The van der Waals surface area contributed by atoms with Gasteiger partial charge >= 0.3 is 0 Å². The molecule has 3 aromatic rings. The van der Waals surface area contributed by atoms with Crippen molar-refractivity contribution in [2.45, 2.75) is 13.8 Å². The van der Waals surface area contributed by atoms with Crippen molar-refractivity contribution in [3.05, 3.63) is 52.5 Å². The van der Waals surface area contributed by atoms with Crippen molar-refractivity contribution in [3.63, 3.8) is 0 Å². The summed E-state index contributed by atoms with van der Waals surface area (Å²) in [7, 11) is 0. The van der Waals surface area contributed by atoms with Gasteiger partial charge in [-0.1, -0.05) is 22.9 Å². The largest absolute Gasteiger partial charge is 0.494 e. The Hall–Kier alpha value is -2.19. The minimum absolute atomic E-state index is 0.0703. The average molecular weight is 460 g/mol. The number of morpholine rings is 1. The van der Waals surface area contributed by atoms with Crippen molar-refractivity contribution in [2.24, 2.45) is 0 Å². The quantitative estimate of drug-likeness (QED) is 0.515. The number of anilines is 1. The molecule has 164 valence electrons. The van der Waals surface area contributed by atoms with E-state index in [1.807, 2.05) is 50.2 Å². The van der Waals surface area contributed by atoms with Crippen LogP contribution in [0.3, 0.4) is 0 Å². The summed E-state index contributed by atoms with van der Waals surface area (Å²) in [6.07, 6.45) is 0. The number of hydrogen-bond acceptors (Lipinski definition) is 6. The summed E-state index contributed by atoms with van der Waals surface area (Å²) in [5.74, 6) is 0.684. The molecule has 0 aliphatic carbocycles. The fraction of sp³-hybridized carbons (Fsp3) is 0.391. The first kappa shape index (κ1) is 22.0. The first-order chi connectivity index (χ1) is 15.1. The summed E-state index contributed by atoms with van der Waals surface area (Å²) in [6.45, 7) is 9.01. The molecule has 0 bridgehead atoms. The van der Waals surface area contributed by atoms with Gasteiger partial charge < -0.3 is 9.47 Å². The standard InChI is InChI=1S/C23H26ClN3O3S/c1-3-30-18-6-4-17(5-7-18)22(28)27(11-10-26-12-14-29-15-13-26)23-25-21-16(2)19(24)8-9-20(21)31-23/h4-9H,3,10-15H2,1-2H3. The van der Waals surface area contributed by atoms with E-state index < -0.39 is 0 Å². The molecule has 2 aromatic carbocycles. The van der Waals surface area contributed by atoms with E-state index in [-0.39, 0.29) is 5.91 Å². The van der Waals surface area contributed by atoms with Crippen LogP contribution in [0.1, 0.15) is 22.8 Å². The predicted octanol–water partition coefficient (Wildman–Crippen LogP) is 4.64. The molecule has 1 aliphatic heterocycles. The Labute approximate surface area is 191 Å². The summed E-state index contributed by atoms with van der Waals surface area (Å²) in [6, 6.07) is 11.1. The Morgan fingerprint density at radius 2 is 1.97 bits per heavy atom. The third-order valence-corrected chi connectivity index (χ3v) is 6.82. The van der Waals surface area contributed by atoms with Gasteiger partial charge in [-0.3, -0.25) is 14.6 Å². The third-order valence-electron chi connectivity index (χ3n) is 5.37. The van der Waals surface area contributed by atoms with Gasteiger partial charge in [0.15, 0.2) is 5.13 Å². The molecular formula is C23H26ClN3O3S. The molecule has 1 amide bonds. The van der Waals surface area contributed by atoms with E-state index in [9.17, 15) is 4.79 Å². The zero-order valence-electron chi connectivity index (χ0n) is 17.8. The number of rotatable bonds is 7. The van der Waals surface area contributed by atoms with Gasteiger partial charge in [0.1, 0.15) is 5.75 Å². The number of nitrogens with zero attached hydrogens (tertiary/aromatic N) is 3. The van der Waals surface area contributed by atoms with Gasteiger partial charge in [-0.05, 0) is 55.8 Å². The number of fused-ring (bicyclic) bond motifs is 1. The highest BCUT2D eigenvalue weighted by molar-refractivity contribution is 7.22. The Morgan fingerprint density at radius 1 is 1.23 bits per heavy atom. The van der Waals surface area contributed by atoms with Crippen molar-refractivity contribution in [1.82, 2.24) is 9.88 Å². The molecule has 0 spiro atoms. The monoisotopic (exact) mass is 459 g/mol. The van der Waals surface area contributed by atoms with E-state index in [0.29, 0.717) is 28.9 Å². The van der Waals surface area contributed by atoms with Gasteiger partial charge in [0.25, 0.3) is 5.91 Å². The lowest BCUT2D eigenvalue weighted by atomic mass is 10.2. The lowest BCUT2D eigenvalue weighted by molar-refractivity contribution is 0.0391. The fourth-order valence-electron chi connectivity index (χ4n) is 3.57. The SMILES string of the molecule is CCOc1ccc(C(=O)N(CCN2CCOCC2)c2nc3c(C)c(Cl)ccc3s2)cc1. The van der Waals surface area contributed by atoms with Gasteiger partial charge in [0.05, 0.1) is 30.0 Å². The number of aromatic nitrogens is 1. The highest BCUT2D eigenvalue weighted by Gasteiger charge is 2.23. The molecule has 0 saturated carbocycles. The second-order valence-corrected chi connectivity index (χ2v) is 8.80. The second-order valence-electron chi connectivity index (χ2n) is 7.38. The van der Waals surface area contributed by atoms with Gasteiger partial charge in [-0.2, -0.15) is 0 Å². The number of carbonyl (C=O) groups excluding carboxylic acids is 1.